The summed E-state index contributed by atoms with van der Waals surface area (Å²) < 4.78 is 2.31. The average molecular weight is 214 g/mol. The Balaban J connectivity index is 2.21. The van der Waals surface area contributed by atoms with Gasteiger partial charge in [-0.25, -0.2) is 4.98 Å². The van der Waals surface area contributed by atoms with E-state index in [1.165, 1.54) is 36.2 Å². The molecule has 3 rings (SSSR count). The summed E-state index contributed by atoms with van der Waals surface area (Å²) in [5.74, 6) is 0.589. The normalized spacial score (nSPS) is 15.7. The number of imidazole rings is 1. The van der Waals surface area contributed by atoms with Gasteiger partial charge in [0, 0.05) is 11.9 Å². The first kappa shape index (κ1) is 9.88. The summed E-state index contributed by atoms with van der Waals surface area (Å²) in [4.78, 5) is 4.72. The Labute approximate surface area is 96.3 Å². The molecule has 1 aliphatic carbocycles. The van der Waals surface area contributed by atoms with Crippen molar-refractivity contribution in [2.45, 2.75) is 45.4 Å². The zero-order chi connectivity index (χ0) is 11.1. The smallest absolute Gasteiger partial charge is 0.137 e. The zero-order valence-corrected chi connectivity index (χ0v) is 10.0. The van der Waals surface area contributed by atoms with Gasteiger partial charge in [0.15, 0.2) is 0 Å². The van der Waals surface area contributed by atoms with Crippen LogP contribution in [0.5, 0.6) is 0 Å². The quantitative estimate of drug-likeness (QED) is 0.711. The van der Waals surface area contributed by atoms with E-state index in [2.05, 4.69) is 36.6 Å². The molecule has 0 unspecified atom stereocenters. The highest BCUT2D eigenvalue weighted by molar-refractivity contribution is 5.45. The maximum atomic E-state index is 4.72. The van der Waals surface area contributed by atoms with Gasteiger partial charge in [-0.3, -0.25) is 0 Å². The maximum Gasteiger partial charge on any atom is 0.137 e. The summed E-state index contributed by atoms with van der Waals surface area (Å²) in [5, 5.41) is 0. The van der Waals surface area contributed by atoms with Crippen LogP contribution in [0.1, 0.15) is 49.6 Å². The molecule has 0 aromatic carbocycles. The molecule has 2 heteroatoms. The van der Waals surface area contributed by atoms with Gasteiger partial charge in [0.05, 0.1) is 5.69 Å². The van der Waals surface area contributed by atoms with Crippen LogP contribution < -0.4 is 0 Å². The van der Waals surface area contributed by atoms with E-state index < -0.39 is 0 Å². The average Bonchev–Trinajstić information content (AvgIpc) is 2.66. The fourth-order valence-corrected chi connectivity index (χ4v) is 2.55. The molecular weight excluding hydrogens is 196 g/mol. The number of aromatic nitrogens is 2. The largest absolute Gasteiger partial charge is 0.304 e. The van der Waals surface area contributed by atoms with Crippen molar-refractivity contribution in [3.63, 3.8) is 0 Å². The van der Waals surface area contributed by atoms with Crippen LogP contribution in [-0.2, 0) is 12.8 Å². The minimum Gasteiger partial charge on any atom is -0.304 e. The lowest BCUT2D eigenvalue weighted by Crippen LogP contribution is -2.04. The fraction of sp³-hybridized carbons (Fsp3) is 0.500. The van der Waals surface area contributed by atoms with Crippen molar-refractivity contribution in [1.82, 2.24) is 9.38 Å². The van der Waals surface area contributed by atoms with Crippen LogP contribution in [0.25, 0.3) is 5.65 Å². The summed E-state index contributed by atoms with van der Waals surface area (Å²) in [5.41, 5.74) is 5.30. The van der Waals surface area contributed by atoms with Crippen LogP contribution >= 0.6 is 0 Å². The van der Waals surface area contributed by atoms with Crippen LogP contribution in [0.4, 0.5) is 0 Å². The molecule has 0 saturated heterocycles. The second kappa shape index (κ2) is 3.62. The topological polar surface area (TPSA) is 17.3 Å². The molecule has 0 spiro atoms. The predicted octanol–water partition coefficient (Wildman–Crippen LogP) is 3.34. The Hall–Kier alpha value is -1.31. The number of nitrogens with zero attached hydrogens (tertiary/aromatic N) is 2. The van der Waals surface area contributed by atoms with E-state index in [0.29, 0.717) is 5.92 Å². The molecule has 84 valence electrons. The Morgan fingerprint density at radius 1 is 1.19 bits per heavy atom. The van der Waals surface area contributed by atoms with Gasteiger partial charge in [0.1, 0.15) is 5.65 Å². The summed E-state index contributed by atoms with van der Waals surface area (Å²) >= 11 is 0. The number of rotatable bonds is 1. The molecule has 0 aliphatic heterocycles. The third-order valence-electron chi connectivity index (χ3n) is 3.57. The minimum absolute atomic E-state index is 0.589. The molecule has 0 saturated carbocycles. The third-order valence-corrected chi connectivity index (χ3v) is 3.57. The second-order valence-corrected chi connectivity index (χ2v) is 5.06. The molecule has 0 atom stereocenters. The Morgan fingerprint density at radius 2 is 2.00 bits per heavy atom. The molecule has 2 nitrogen and oxygen atoms in total. The van der Waals surface area contributed by atoms with Crippen molar-refractivity contribution in [2.75, 3.05) is 0 Å². The van der Waals surface area contributed by atoms with E-state index >= 15 is 0 Å². The highest BCUT2D eigenvalue weighted by atomic mass is 15.0. The second-order valence-electron chi connectivity index (χ2n) is 5.06. The van der Waals surface area contributed by atoms with Gasteiger partial charge in [0.2, 0.25) is 0 Å². The number of hydrogen-bond acceptors (Lipinski definition) is 1. The van der Waals surface area contributed by atoms with Crippen LogP contribution in [0.3, 0.4) is 0 Å². The van der Waals surface area contributed by atoms with Crippen LogP contribution in [0, 0.1) is 0 Å². The van der Waals surface area contributed by atoms with Crippen molar-refractivity contribution in [2.24, 2.45) is 0 Å². The number of hydrogen-bond donors (Lipinski definition) is 0. The van der Waals surface area contributed by atoms with E-state index in [4.69, 9.17) is 4.98 Å². The number of fused-ring (bicyclic) bond motifs is 3. The van der Waals surface area contributed by atoms with E-state index in [0.717, 1.165) is 12.1 Å². The Kier molecular flexibility index (Phi) is 2.23. The zero-order valence-electron chi connectivity index (χ0n) is 10.0. The van der Waals surface area contributed by atoms with Crippen molar-refractivity contribution in [3.8, 4) is 0 Å². The number of pyridine rings is 1. The van der Waals surface area contributed by atoms with E-state index in [9.17, 15) is 0 Å². The standard InChI is InChI=1S/C14H18N2/c1-10(2)11-7-8-14-15-12-5-3-4-6-13(12)16(14)9-11/h7-10H,3-6H2,1-2H3. The first-order chi connectivity index (χ1) is 7.75. The van der Waals surface area contributed by atoms with Gasteiger partial charge < -0.3 is 4.40 Å². The van der Waals surface area contributed by atoms with Gasteiger partial charge in [-0.15, -0.1) is 0 Å². The van der Waals surface area contributed by atoms with Crippen molar-refractivity contribution in [1.29, 1.82) is 0 Å². The lowest BCUT2D eigenvalue weighted by Gasteiger charge is -2.11. The summed E-state index contributed by atoms with van der Waals surface area (Å²) in [6, 6.07) is 4.37. The molecule has 0 fully saturated rings. The lowest BCUT2D eigenvalue weighted by molar-refractivity contribution is 0.659. The monoisotopic (exact) mass is 214 g/mol. The first-order valence-electron chi connectivity index (χ1n) is 6.25. The third kappa shape index (κ3) is 1.44. The van der Waals surface area contributed by atoms with E-state index in [1.807, 2.05) is 0 Å². The summed E-state index contributed by atoms with van der Waals surface area (Å²) in [6.07, 6.45) is 7.24. The molecule has 0 N–H and O–H groups in total. The lowest BCUT2D eigenvalue weighted by atomic mass is 10.0. The molecule has 1 aliphatic rings. The van der Waals surface area contributed by atoms with Crippen LogP contribution in [0.15, 0.2) is 18.3 Å². The van der Waals surface area contributed by atoms with Crippen LogP contribution in [0.2, 0.25) is 0 Å². The number of aryl methyl sites for hydroxylation is 2. The Morgan fingerprint density at radius 3 is 2.81 bits per heavy atom. The summed E-state index contributed by atoms with van der Waals surface area (Å²) in [6.45, 7) is 4.48. The fourth-order valence-electron chi connectivity index (χ4n) is 2.55. The van der Waals surface area contributed by atoms with E-state index in [1.54, 1.807) is 0 Å². The molecule has 2 aromatic rings. The first-order valence-corrected chi connectivity index (χ1v) is 6.25. The SMILES string of the molecule is CC(C)c1ccc2nc3c(n2c1)CCCC3. The Bertz CT molecular complexity index is 523. The molecule has 2 aromatic heterocycles. The molecule has 16 heavy (non-hydrogen) atoms. The predicted molar refractivity (Wildman–Crippen MR) is 65.9 cm³/mol. The maximum absolute atomic E-state index is 4.72. The van der Waals surface area contributed by atoms with Crippen molar-refractivity contribution >= 4 is 5.65 Å². The summed E-state index contributed by atoms with van der Waals surface area (Å²) in [7, 11) is 0. The van der Waals surface area contributed by atoms with Crippen LogP contribution in [-0.4, -0.2) is 9.38 Å². The highest BCUT2D eigenvalue weighted by Gasteiger charge is 2.16. The minimum atomic E-state index is 0.589. The molecular formula is C14H18N2. The molecule has 2 heterocycles. The molecule has 0 bridgehead atoms. The highest BCUT2D eigenvalue weighted by Crippen LogP contribution is 2.24. The van der Waals surface area contributed by atoms with Gasteiger partial charge in [0.25, 0.3) is 0 Å². The van der Waals surface area contributed by atoms with Crippen molar-refractivity contribution < 1.29 is 0 Å². The molecule has 0 radical (unpaired) electrons. The van der Waals surface area contributed by atoms with Gasteiger partial charge >= 0.3 is 0 Å². The van der Waals surface area contributed by atoms with Gasteiger partial charge in [-0.1, -0.05) is 19.9 Å². The molecule has 0 amide bonds. The van der Waals surface area contributed by atoms with Gasteiger partial charge in [-0.05, 0) is 43.2 Å². The van der Waals surface area contributed by atoms with Crippen molar-refractivity contribution in [3.05, 3.63) is 35.3 Å². The van der Waals surface area contributed by atoms with E-state index in [-0.39, 0.29) is 0 Å². The van der Waals surface area contributed by atoms with Gasteiger partial charge in [-0.2, -0.15) is 0 Å².